The molecule has 2 aromatic heterocycles. The molecular weight excluding hydrogens is 796 g/mol. The summed E-state index contributed by atoms with van der Waals surface area (Å²) in [6.07, 6.45) is 2.36. The molecule has 2 nitrogen and oxygen atoms in total. The number of rotatable bonds is 2. The van der Waals surface area contributed by atoms with Gasteiger partial charge in [-0.25, -0.2) is 0 Å². The first kappa shape index (κ1) is 35.9. The summed E-state index contributed by atoms with van der Waals surface area (Å²) in [6, 6.07) is 68.4. The van der Waals surface area contributed by atoms with Gasteiger partial charge in [-0.2, -0.15) is 0 Å². The second-order valence-electron chi connectivity index (χ2n) is 21.3. The molecule has 0 N–H and O–H groups in total. The van der Waals surface area contributed by atoms with Gasteiger partial charge >= 0.3 is 0 Å². The largest absolute Gasteiger partial charge is 0.310 e. The number of benzene rings is 9. The van der Waals surface area contributed by atoms with Crippen molar-refractivity contribution in [3.05, 3.63) is 209 Å². The van der Waals surface area contributed by atoms with Crippen molar-refractivity contribution in [1.82, 2.24) is 9.13 Å². The Morgan fingerprint density at radius 2 is 1.03 bits per heavy atom. The number of nitrogens with zero attached hydrogens (tertiary/aromatic N) is 2. The Morgan fingerprint density at radius 3 is 1.74 bits per heavy atom. The van der Waals surface area contributed by atoms with E-state index in [1.807, 2.05) is 0 Å². The van der Waals surface area contributed by atoms with E-state index in [2.05, 4.69) is 213 Å². The summed E-state index contributed by atoms with van der Waals surface area (Å²) in [6.45, 7) is 9.92. The number of fused-ring (bicyclic) bond motifs is 14. The fourth-order valence-electron chi connectivity index (χ4n) is 14.5. The summed E-state index contributed by atoms with van der Waals surface area (Å²) in [7, 11) is 0. The van der Waals surface area contributed by atoms with Crippen LogP contribution in [0.1, 0.15) is 73.9 Å². The molecule has 66 heavy (non-hydrogen) atoms. The third kappa shape index (κ3) is 3.95. The van der Waals surface area contributed by atoms with Crippen molar-refractivity contribution in [2.45, 2.75) is 56.8 Å². The van der Waals surface area contributed by atoms with Gasteiger partial charge in [0.05, 0.1) is 22.1 Å². The smallest absolute Gasteiger partial charge is 0.253 e. The Labute approximate surface area is 384 Å². The van der Waals surface area contributed by atoms with Crippen molar-refractivity contribution >= 4 is 66.6 Å². The molecular formula is C63H45BN2. The van der Waals surface area contributed by atoms with Crippen LogP contribution in [-0.4, -0.2) is 15.8 Å². The Balaban J connectivity index is 1.17. The standard InChI is InChI=1S/C63H45BN2/c1-61(2)31-32-62(3,4)50-35-43-38(34-49(50)61)33-44-53(36-17-7-5-8-18-36)56(37-19-9-6-10-20-37)65-52-30-29-48-60-55(52)64(54(43)59(44)65)51-28-16-24-42-41-23-15-27-47(57(41)66(60)58(42)51)63(48)45-25-13-11-21-39(45)40-22-12-14-26-46(40)63/h5-30,33-35H,31-32H2,1-4H3. The van der Waals surface area contributed by atoms with Gasteiger partial charge in [-0.1, -0.05) is 191 Å². The topological polar surface area (TPSA) is 9.86 Å². The minimum Gasteiger partial charge on any atom is -0.310 e. The first-order chi connectivity index (χ1) is 32.3. The molecule has 16 rings (SSSR count). The van der Waals surface area contributed by atoms with Crippen molar-refractivity contribution in [2.75, 3.05) is 0 Å². The Hall–Kier alpha value is -7.36. The van der Waals surface area contributed by atoms with Crippen molar-refractivity contribution in [1.29, 1.82) is 0 Å². The zero-order valence-electron chi connectivity index (χ0n) is 37.6. The highest BCUT2D eigenvalue weighted by atomic mass is 15.1. The molecule has 5 aliphatic rings. The Morgan fingerprint density at radius 1 is 0.424 bits per heavy atom. The van der Waals surface area contributed by atoms with Gasteiger partial charge < -0.3 is 9.13 Å². The fraction of sp³-hybridized carbons (Fsp3) is 0.143. The Kier molecular flexibility index (Phi) is 6.38. The molecule has 3 heteroatoms. The summed E-state index contributed by atoms with van der Waals surface area (Å²) in [5, 5.41) is 6.75. The highest BCUT2D eigenvalue weighted by molar-refractivity contribution is 7.01. The average molecular weight is 841 g/mol. The van der Waals surface area contributed by atoms with Gasteiger partial charge in [-0.05, 0) is 119 Å². The molecule has 0 saturated carbocycles. The number of hydrogen-bond donors (Lipinski definition) is 0. The van der Waals surface area contributed by atoms with Crippen LogP contribution in [0, 0.1) is 0 Å². The summed E-state index contributed by atoms with van der Waals surface area (Å²) in [4.78, 5) is 0. The fourth-order valence-corrected chi connectivity index (χ4v) is 14.5. The first-order valence-electron chi connectivity index (χ1n) is 24.0. The van der Waals surface area contributed by atoms with Gasteiger partial charge in [-0.3, -0.25) is 0 Å². The molecule has 5 heterocycles. The van der Waals surface area contributed by atoms with E-state index in [-0.39, 0.29) is 17.5 Å². The normalized spacial score (nSPS) is 16.7. The second-order valence-corrected chi connectivity index (χ2v) is 21.3. The van der Waals surface area contributed by atoms with Crippen LogP contribution in [0.25, 0.3) is 88.4 Å². The lowest BCUT2D eigenvalue weighted by atomic mass is 9.33. The van der Waals surface area contributed by atoms with Gasteiger partial charge in [0.15, 0.2) is 0 Å². The molecule has 0 bridgehead atoms. The summed E-state index contributed by atoms with van der Waals surface area (Å²) in [5.74, 6) is 0. The highest BCUT2D eigenvalue weighted by Crippen LogP contribution is 2.62. The van der Waals surface area contributed by atoms with E-state index >= 15 is 0 Å². The molecule has 1 spiro atoms. The lowest BCUT2D eigenvalue weighted by molar-refractivity contribution is 0.332. The molecule has 0 fully saturated rings. The maximum Gasteiger partial charge on any atom is 0.253 e. The summed E-state index contributed by atoms with van der Waals surface area (Å²) < 4.78 is 5.46. The zero-order chi connectivity index (χ0) is 43.6. The van der Waals surface area contributed by atoms with E-state index in [0.717, 1.165) is 0 Å². The van der Waals surface area contributed by atoms with Crippen LogP contribution in [-0.2, 0) is 16.2 Å². The molecule has 0 amide bonds. The molecule has 3 aliphatic heterocycles. The SMILES string of the molecule is CC1(C)CCC(C)(C)c2cc3c4c5c(cc3cc21)c(-c1ccccc1)c(-c1ccccc1)n5-c1ccc2c3c1B4c1cccc4c5cccc(c5n-3c14)C21c2ccccc2-c2ccccc21. The number of hydrogen-bond acceptors (Lipinski definition) is 0. The maximum absolute atomic E-state index is 2.74. The van der Waals surface area contributed by atoms with Gasteiger partial charge in [-0.15, -0.1) is 0 Å². The summed E-state index contributed by atoms with van der Waals surface area (Å²) in [5.41, 5.74) is 26.9. The summed E-state index contributed by atoms with van der Waals surface area (Å²) >= 11 is 0. The molecule has 9 aromatic carbocycles. The van der Waals surface area contributed by atoms with E-state index < -0.39 is 5.41 Å². The van der Waals surface area contributed by atoms with E-state index in [4.69, 9.17) is 0 Å². The molecule has 0 atom stereocenters. The molecule has 2 aliphatic carbocycles. The van der Waals surface area contributed by atoms with Crippen molar-refractivity contribution in [3.63, 3.8) is 0 Å². The molecule has 0 radical (unpaired) electrons. The van der Waals surface area contributed by atoms with Crippen LogP contribution in [0.15, 0.2) is 176 Å². The minimum absolute atomic E-state index is 0.000405. The molecule has 310 valence electrons. The van der Waals surface area contributed by atoms with Crippen molar-refractivity contribution in [3.8, 4) is 44.9 Å². The second kappa shape index (κ2) is 11.7. The maximum atomic E-state index is 2.74. The van der Waals surface area contributed by atoms with Crippen LogP contribution >= 0.6 is 0 Å². The lowest BCUT2D eigenvalue weighted by Crippen LogP contribution is -2.60. The Bertz CT molecular complexity index is 4000. The van der Waals surface area contributed by atoms with Crippen molar-refractivity contribution in [2.24, 2.45) is 0 Å². The predicted molar refractivity (Wildman–Crippen MR) is 277 cm³/mol. The third-order valence-corrected chi connectivity index (χ3v) is 17.3. The van der Waals surface area contributed by atoms with Gasteiger partial charge in [0, 0.05) is 38.6 Å². The van der Waals surface area contributed by atoms with E-state index in [9.17, 15) is 0 Å². The monoisotopic (exact) mass is 840 g/mol. The van der Waals surface area contributed by atoms with Crippen LogP contribution in [0.4, 0.5) is 0 Å². The number of para-hydroxylation sites is 2. The van der Waals surface area contributed by atoms with Crippen LogP contribution in [0.2, 0.25) is 0 Å². The van der Waals surface area contributed by atoms with Gasteiger partial charge in [0.2, 0.25) is 0 Å². The molecule has 0 unspecified atom stereocenters. The highest BCUT2D eigenvalue weighted by Gasteiger charge is 2.54. The van der Waals surface area contributed by atoms with E-state index in [1.165, 1.54) is 151 Å². The van der Waals surface area contributed by atoms with Gasteiger partial charge in [0.25, 0.3) is 6.71 Å². The van der Waals surface area contributed by atoms with E-state index in [1.54, 1.807) is 0 Å². The molecule has 11 aromatic rings. The lowest BCUT2D eigenvalue weighted by Gasteiger charge is -2.44. The minimum atomic E-state index is -0.499. The van der Waals surface area contributed by atoms with Crippen LogP contribution in [0.5, 0.6) is 0 Å². The zero-order valence-corrected chi connectivity index (χ0v) is 37.6. The van der Waals surface area contributed by atoms with Crippen LogP contribution in [0.3, 0.4) is 0 Å². The number of aromatic nitrogens is 2. The molecule has 0 saturated heterocycles. The average Bonchev–Trinajstić information content (AvgIpc) is 3.98. The van der Waals surface area contributed by atoms with E-state index in [0.29, 0.717) is 0 Å². The quantitative estimate of drug-likeness (QED) is 0.154. The first-order valence-corrected chi connectivity index (χ1v) is 24.0. The predicted octanol–water partition coefficient (Wildman–Crippen LogP) is 13.4. The third-order valence-electron chi connectivity index (χ3n) is 17.3. The van der Waals surface area contributed by atoms with Crippen molar-refractivity contribution < 1.29 is 0 Å². The van der Waals surface area contributed by atoms with Crippen LogP contribution < -0.4 is 16.4 Å². The van der Waals surface area contributed by atoms with Gasteiger partial charge in [0.1, 0.15) is 0 Å².